The molecular formula is C19H24ClN2O3S+. The highest BCUT2D eigenvalue weighted by Crippen LogP contribution is 2.18. The largest absolute Gasteiger partial charge is 0.494 e. The fourth-order valence-electron chi connectivity index (χ4n) is 3.13. The fourth-order valence-corrected chi connectivity index (χ4v) is 4.70. The standard InChI is InChI=1S/C19H23ClN2O3S/c1-2-25-18-7-3-16(4-8-18)15-21-11-13-22(14-12-21)26(23,24)19-9-5-17(20)6-10-19/h3-10H,2,11-15H2,1H3/p+1. The number of benzene rings is 2. The lowest BCUT2D eigenvalue weighted by Gasteiger charge is -2.31. The monoisotopic (exact) mass is 395 g/mol. The quantitative estimate of drug-likeness (QED) is 0.811. The first-order valence-electron chi connectivity index (χ1n) is 8.80. The Kier molecular flexibility index (Phi) is 6.19. The van der Waals surface area contributed by atoms with Crippen molar-refractivity contribution in [1.82, 2.24) is 4.31 Å². The summed E-state index contributed by atoms with van der Waals surface area (Å²) >= 11 is 5.85. The first-order chi connectivity index (χ1) is 12.5. The Balaban J connectivity index is 1.57. The first kappa shape index (κ1) is 19.2. The van der Waals surface area contributed by atoms with Crippen LogP contribution in [0.5, 0.6) is 5.75 Å². The molecule has 1 aliphatic heterocycles. The molecule has 0 amide bonds. The molecule has 140 valence electrons. The first-order valence-corrected chi connectivity index (χ1v) is 10.6. The maximum atomic E-state index is 12.7. The smallest absolute Gasteiger partial charge is 0.243 e. The third kappa shape index (κ3) is 4.57. The van der Waals surface area contributed by atoms with Crippen molar-refractivity contribution in [2.75, 3.05) is 32.8 Å². The zero-order valence-electron chi connectivity index (χ0n) is 14.8. The highest BCUT2D eigenvalue weighted by molar-refractivity contribution is 7.89. The SMILES string of the molecule is CCOc1ccc(C[NH+]2CCN(S(=O)(=O)c3ccc(Cl)cc3)CC2)cc1. The van der Waals surface area contributed by atoms with Crippen molar-refractivity contribution in [2.24, 2.45) is 0 Å². The zero-order valence-corrected chi connectivity index (χ0v) is 16.4. The number of nitrogens with one attached hydrogen (secondary N) is 1. The molecule has 0 atom stereocenters. The van der Waals surface area contributed by atoms with Gasteiger partial charge >= 0.3 is 0 Å². The molecule has 7 heteroatoms. The minimum atomic E-state index is -3.44. The Morgan fingerprint density at radius 3 is 2.23 bits per heavy atom. The lowest BCUT2D eigenvalue weighted by Crippen LogP contribution is -3.13. The summed E-state index contributed by atoms with van der Waals surface area (Å²) in [4.78, 5) is 1.69. The molecule has 5 nitrogen and oxygen atoms in total. The van der Waals surface area contributed by atoms with Gasteiger partial charge in [-0.2, -0.15) is 4.31 Å². The molecule has 1 fully saturated rings. The average molecular weight is 396 g/mol. The molecule has 26 heavy (non-hydrogen) atoms. The predicted octanol–water partition coefficient (Wildman–Crippen LogP) is 1.83. The van der Waals surface area contributed by atoms with Crippen LogP contribution >= 0.6 is 11.6 Å². The molecule has 0 aromatic heterocycles. The Bertz CT molecular complexity index is 815. The number of hydrogen-bond acceptors (Lipinski definition) is 3. The van der Waals surface area contributed by atoms with E-state index in [2.05, 4.69) is 12.1 Å². The number of rotatable bonds is 6. The summed E-state index contributed by atoms with van der Waals surface area (Å²) < 4.78 is 32.5. The molecule has 2 aromatic carbocycles. The van der Waals surface area contributed by atoms with E-state index < -0.39 is 10.0 Å². The molecule has 0 spiro atoms. The van der Waals surface area contributed by atoms with Crippen LogP contribution in [-0.4, -0.2) is 45.5 Å². The van der Waals surface area contributed by atoms with E-state index >= 15 is 0 Å². The Labute approximate surface area is 160 Å². The third-order valence-electron chi connectivity index (χ3n) is 4.57. The van der Waals surface area contributed by atoms with E-state index in [1.165, 1.54) is 10.5 Å². The van der Waals surface area contributed by atoms with Gasteiger partial charge in [-0.3, -0.25) is 0 Å². The van der Waals surface area contributed by atoms with Crippen LogP contribution in [-0.2, 0) is 16.6 Å². The van der Waals surface area contributed by atoms with Gasteiger partial charge in [-0.05, 0) is 55.5 Å². The molecule has 1 heterocycles. The van der Waals surface area contributed by atoms with Crippen molar-refractivity contribution >= 4 is 21.6 Å². The summed E-state index contributed by atoms with van der Waals surface area (Å²) in [6.07, 6.45) is 0. The number of quaternary nitrogens is 1. The van der Waals surface area contributed by atoms with Crippen LogP contribution in [0.2, 0.25) is 5.02 Å². The second-order valence-electron chi connectivity index (χ2n) is 6.36. The molecule has 0 saturated carbocycles. The van der Waals surface area contributed by atoms with Crippen LogP contribution in [0.3, 0.4) is 0 Å². The van der Waals surface area contributed by atoms with E-state index in [1.54, 1.807) is 28.6 Å². The van der Waals surface area contributed by atoms with Crippen LogP contribution in [0, 0.1) is 0 Å². The molecule has 0 aliphatic carbocycles. The van der Waals surface area contributed by atoms with Gasteiger partial charge in [-0.15, -0.1) is 0 Å². The number of piperazine rings is 1. The minimum absolute atomic E-state index is 0.303. The van der Waals surface area contributed by atoms with E-state index in [0.717, 1.165) is 25.4 Å². The van der Waals surface area contributed by atoms with Crippen LogP contribution in [0.4, 0.5) is 0 Å². The molecule has 0 bridgehead atoms. The summed E-state index contributed by atoms with van der Waals surface area (Å²) in [6, 6.07) is 14.5. The van der Waals surface area contributed by atoms with Crippen molar-refractivity contribution in [1.29, 1.82) is 0 Å². The van der Waals surface area contributed by atoms with Crippen molar-refractivity contribution < 1.29 is 18.1 Å². The van der Waals surface area contributed by atoms with Crippen molar-refractivity contribution in [2.45, 2.75) is 18.4 Å². The van der Waals surface area contributed by atoms with E-state index in [4.69, 9.17) is 16.3 Å². The number of hydrogen-bond donors (Lipinski definition) is 1. The molecule has 3 rings (SSSR count). The lowest BCUT2D eigenvalue weighted by molar-refractivity contribution is -0.917. The minimum Gasteiger partial charge on any atom is -0.494 e. The maximum Gasteiger partial charge on any atom is 0.243 e. The molecule has 1 saturated heterocycles. The fraction of sp³-hybridized carbons (Fsp3) is 0.368. The van der Waals surface area contributed by atoms with Crippen molar-refractivity contribution in [3.8, 4) is 5.75 Å². The number of sulfonamides is 1. The lowest BCUT2D eigenvalue weighted by atomic mass is 10.2. The van der Waals surface area contributed by atoms with Gasteiger partial charge in [0.15, 0.2) is 0 Å². The Morgan fingerprint density at radius 2 is 1.65 bits per heavy atom. The summed E-state index contributed by atoms with van der Waals surface area (Å²) in [6.45, 7) is 6.15. The van der Waals surface area contributed by atoms with Crippen LogP contribution in [0.1, 0.15) is 12.5 Å². The second kappa shape index (κ2) is 8.39. The van der Waals surface area contributed by atoms with Gasteiger partial charge < -0.3 is 9.64 Å². The molecule has 1 N–H and O–H groups in total. The molecule has 1 aliphatic rings. The van der Waals surface area contributed by atoms with Gasteiger partial charge in [-0.25, -0.2) is 8.42 Å². The van der Waals surface area contributed by atoms with E-state index in [0.29, 0.717) is 29.6 Å². The molecule has 0 unspecified atom stereocenters. The third-order valence-corrected chi connectivity index (χ3v) is 6.73. The zero-order chi connectivity index (χ0) is 18.6. The highest BCUT2D eigenvalue weighted by Gasteiger charge is 2.30. The maximum absolute atomic E-state index is 12.7. The van der Waals surface area contributed by atoms with Gasteiger partial charge in [0.1, 0.15) is 12.3 Å². The number of nitrogens with zero attached hydrogens (tertiary/aromatic N) is 1. The van der Waals surface area contributed by atoms with Crippen molar-refractivity contribution in [3.63, 3.8) is 0 Å². The van der Waals surface area contributed by atoms with Gasteiger partial charge in [0, 0.05) is 10.6 Å². The summed E-state index contributed by atoms with van der Waals surface area (Å²) in [7, 11) is -3.44. The second-order valence-corrected chi connectivity index (χ2v) is 8.74. The summed E-state index contributed by atoms with van der Waals surface area (Å²) in [5, 5.41) is 0.536. The van der Waals surface area contributed by atoms with Crippen LogP contribution in [0.25, 0.3) is 0 Å². The van der Waals surface area contributed by atoms with Gasteiger partial charge in [0.05, 0.1) is 37.7 Å². The summed E-state index contributed by atoms with van der Waals surface area (Å²) in [5.41, 5.74) is 1.23. The number of ether oxygens (including phenoxy) is 1. The van der Waals surface area contributed by atoms with Gasteiger partial charge in [0.2, 0.25) is 10.0 Å². The van der Waals surface area contributed by atoms with Crippen molar-refractivity contribution in [3.05, 3.63) is 59.1 Å². The van der Waals surface area contributed by atoms with Crippen LogP contribution in [0.15, 0.2) is 53.4 Å². The topological polar surface area (TPSA) is 51.1 Å². The highest BCUT2D eigenvalue weighted by atomic mass is 35.5. The Hall–Kier alpha value is -1.60. The van der Waals surface area contributed by atoms with Crippen LogP contribution < -0.4 is 9.64 Å². The van der Waals surface area contributed by atoms with E-state index in [1.807, 2.05) is 19.1 Å². The average Bonchev–Trinajstić information content (AvgIpc) is 2.64. The normalized spacial score (nSPS) is 16.5. The summed E-state index contributed by atoms with van der Waals surface area (Å²) in [5.74, 6) is 0.880. The molecule has 2 aromatic rings. The predicted molar refractivity (Wildman–Crippen MR) is 102 cm³/mol. The van der Waals surface area contributed by atoms with E-state index in [9.17, 15) is 8.42 Å². The molecular weight excluding hydrogens is 372 g/mol. The van der Waals surface area contributed by atoms with E-state index in [-0.39, 0.29) is 0 Å². The Morgan fingerprint density at radius 1 is 1.04 bits per heavy atom. The van der Waals surface area contributed by atoms with Gasteiger partial charge in [0.25, 0.3) is 0 Å². The van der Waals surface area contributed by atoms with Gasteiger partial charge in [-0.1, -0.05) is 11.6 Å². The number of halogens is 1. The molecule has 0 radical (unpaired) electrons.